The van der Waals surface area contributed by atoms with E-state index in [1.165, 1.54) is 0 Å². The van der Waals surface area contributed by atoms with Crippen molar-refractivity contribution in [2.75, 3.05) is 5.32 Å². The van der Waals surface area contributed by atoms with Crippen LogP contribution in [0.2, 0.25) is 0 Å². The molecular formula is C18H16N6. The van der Waals surface area contributed by atoms with Crippen molar-refractivity contribution in [2.24, 2.45) is 0 Å². The first-order valence-corrected chi connectivity index (χ1v) is 7.71. The molecule has 2 heterocycles. The van der Waals surface area contributed by atoms with Crippen LogP contribution in [0, 0.1) is 6.92 Å². The molecule has 6 heteroatoms. The summed E-state index contributed by atoms with van der Waals surface area (Å²) in [6, 6.07) is 17.8. The summed E-state index contributed by atoms with van der Waals surface area (Å²) in [6.45, 7) is 1.89. The van der Waals surface area contributed by atoms with E-state index in [1.807, 2.05) is 61.5 Å². The lowest BCUT2D eigenvalue weighted by Crippen LogP contribution is -2.15. The number of fused-ring (bicyclic) bond motifs is 1. The van der Waals surface area contributed by atoms with Crippen molar-refractivity contribution >= 4 is 16.7 Å². The second-order valence-electron chi connectivity index (χ2n) is 5.51. The minimum absolute atomic E-state index is 0.200. The summed E-state index contributed by atoms with van der Waals surface area (Å²) in [6.07, 6.45) is 1.57. The third-order valence-corrected chi connectivity index (χ3v) is 3.83. The van der Waals surface area contributed by atoms with Gasteiger partial charge in [0.2, 0.25) is 0 Å². The summed E-state index contributed by atoms with van der Waals surface area (Å²) in [5, 5.41) is 11.7. The first-order valence-electron chi connectivity index (χ1n) is 7.71. The molecule has 1 atom stereocenters. The second-order valence-corrected chi connectivity index (χ2v) is 5.51. The monoisotopic (exact) mass is 316 g/mol. The Bertz CT molecular complexity index is 958. The van der Waals surface area contributed by atoms with Crippen molar-refractivity contribution in [1.82, 2.24) is 25.1 Å². The predicted molar refractivity (Wildman–Crippen MR) is 92.6 cm³/mol. The smallest absolute Gasteiger partial charge is 0.177 e. The maximum atomic E-state index is 4.49. The summed E-state index contributed by atoms with van der Waals surface area (Å²) in [5.41, 5.74) is 1.96. The van der Waals surface area contributed by atoms with E-state index in [0.717, 1.165) is 28.1 Å². The van der Waals surface area contributed by atoms with Crippen molar-refractivity contribution < 1.29 is 0 Å². The van der Waals surface area contributed by atoms with Gasteiger partial charge in [-0.05, 0) is 24.6 Å². The van der Waals surface area contributed by atoms with Gasteiger partial charge in [0.1, 0.15) is 24.0 Å². The van der Waals surface area contributed by atoms with Crippen molar-refractivity contribution in [2.45, 2.75) is 13.0 Å². The van der Waals surface area contributed by atoms with Crippen LogP contribution in [0.5, 0.6) is 0 Å². The van der Waals surface area contributed by atoms with E-state index in [-0.39, 0.29) is 6.04 Å². The van der Waals surface area contributed by atoms with Crippen LogP contribution in [0.25, 0.3) is 10.9 Å². The van der Waals surface area contributed by atoms with Crippen molar-refractivity contribution in [3.63, 3.8) is 0 Å². The van der Waals surface area contributed by atoms with Gasteiger partial charge in [-0.1, -0.05) is 42.5 Å². The Morgan fingerprint density at radius 1 is 0.958 bits per heavy atom. The van der Waals surface area contributed by atoms with Gasteiger partial charge in [0, 0.05) is 5.39 Å². The molecule has 0 saturated carbocycles. The Morgan fingerprint density at radius 2 is 1.75 bits per heavy atom. The van der Waals surface area contributed by atoms with Gasteiger partial charge in [-0.3, -0.25) is 5.10 Å². The van der Waals surface area contributed by atoms with Gasteiger partial charge in [-0.25, -0.2) is 15.0 Å². The number of aromatic nitrogens is 5. The Balaban J connectivity index is 1.79. The molecule has 0 aliphatic carbocycles. The SMILES string of the molecule is Cc1nc(C(Nc2ncnc3ccccc23)c2ccccc2)n[nH]1. The molecule has 2 N–H and O–H groups in total. The van der Waals surface area contributed by atoms with Crippen LogP contribution >= 0.6 is 0 Å². The number of anilines is 1. The fourth-order valence-electron chi connectivity index (χ4n) is 2.69. The van der Waals surface area contributed by atoms with Gasteiger partial charge >= 0.3 is 0 Å². The quantitative estimate of drug-likeness (QED) is 0.604. The Hall–Kier alpha value is -3.28. The number of hydrogen-bond acceptors (Lipinski definition) is 5. The molecule has 4 aromatic rings. The first kappa shape index (κ1) is 14.3. The number of benzene rings is 2. The molecule has 0 fully saturated rings. The Morgan fingerprint density at radius 3 is 2.54 bits per heavy atom. The van der Waals surface area contributed by atoms with E-state index in [9.17, 15) is 0 Å². The van der Waals surface area contributed by atoms with E-state index in [1.54, 1.807) is 6.33 Å². The number of nitrogens with one attached hydrogen (secondary N) is 2. The molecule has 1 unspecified atom stereocenters. The molecule has 24 heavy (non-hydrogen) atoms. The fraction of sp³-hybridized carbons (Fsp3) is 0.111. The highest BCUT2D eigenvalue weighted by molar-refractivity contribution is 5.88. The van der Waals surface area contributed by atoms with E-state index in [0.29, 0.717) is 5.82 Å². The van der Waals surface area contributed by atoms with Crippen molar-refractivity contribution in [3.05, 3.63) is 78.1 Å². The van der Waals surface area contributed by atoms with Gasteiger partial charge in [0.15, 0.2) is 5.82 Å². The zero-order valence-electron chi connectivity index (χ0n) is 13.1. The number of aryl methyl sites for hydroxylation is 1. The predicted octanol–water partition coefficient (Wildman–Crippen LogP) is 3.26. The first-order chi connectivity index (χ1) is 11.8. The molecule has 0 bridgehead atoms. The van der Waals surface area contributed by atoms with E-state index in [4.69, 9.17) is 0 Å². The lowest BCUT2D eigenvalue weighted by atomic mass is 10.1. The summed E-state index contributed by atoms with van der Waals surface area (Å²) in [7, 11) is 0. The zero-order chi connectivity index (χ0) is 16.4. The van der Waals surface area contributed by atoms with Crippen molar-refractivity contribution in [1.29, 1.82) is 0 Å². The van der Waals surface area contributed by atoms with Crippen LogP contribution in [0.3, 0.4) is 0 Å². The molecule has 2 aromatic carbocycles. The maximum absolute atomic E-state index is 4.49. The number of nitrogens with zero attached hydrogens (tertiary/aromatic N) is 4. The van der Waals surface area contributed by atoms with E-state index in [2.05, 4.69) is 30.5 Å². The van der Waals surface area contributed by atoms with Gasteiger partial charge in [-0.15, -0.1) is 0 Å². The van der Waals surface area contributed by atoms with Crippen LogP contribution < -0.4 is 5.32 Å². The second kappa shape index (κ2) is 6.08. The van der Waals surface area contributed by atoms with Crippen LogP contribution in [0.1, 0.15) is 23.3 Å². The largest absolute Gasteiger partial charge is 0.356 e. The number of H-pyrrole nitrogens is 1. The number of rotatable bonds is 4. The molecule has 0 spiro atoms. The normalized spacial score (nSPS) is 12.2. The van der Waals surface area contributed by atoms with Crippen LogP contribution in [0.4, 0.5) is 5.82 Å². The minimum Gasteiger partial charge on any atom is -0.356 e. The van der Waals surface area contributed by atoms with Crippen LogP contribution in [-0.2, 0) is 0 Å². The van der Waals surface area contributed by atoms with Gasteiger partial charge in [-0.2, -0.15) is 5.10 Å². The maximum Gasteiger partial charge on any atom is 0.177 e. The number of aromatic amines is 1. The molecule has 0 saturated heterocycles. The summed E-state index contributed by atoms with van der Waals surface area (Å²) in [4.78, 5) is 13.2. The summed E-state index contributed by atoms with van der Waals surface area (Å²) < 4.78 is 0. The van der Waals surface area contributed by atoms with Crippen LogP contribution in [-0.4, -0.2) is 25.1 Å². The zero-order valence-corrected chi connectivity index (χ0v) is 13.1. The molecular weight excluding hydrogens is 300 g/mol. The molecule has 0 amide bonds. The minimum atomic E-state index is -0.200. The van der Waals surface area contributed by atoms with E-state index >= 15 is 0 Å². The number of para-hydroxylation sites is 1. The molecule has 0 aliphatic rings. The topological polar surface area (TPSA) is 79.4 Å². The van der Waals surface area contributed by atoms with E-state index < -0.39 is 0 Å². The Kier molecular flexibility index (Phi) is 3.63. The number of hydrogen-bond donors (Lipinski definition) is 2. The molecule has 2 aromatic heterocycles. The highest BCUT2D eigenvalue weighted by Gasteiger charge is 2.20. The highest BCUT2D eigenvalue weighted by atomic mass is 15.2. The summed E-state index contributed by atoms with van der Waals surface area (Å²) >= 11 is 0. The average molecular weight is 316 g/mol. The lowest BCUT2D eigenvalue weighted by Gasteiger charge is -2.17. The standard InChI is InChI=1S/C18H16N6/c1-12-21-18(24-23-12)16(13-7-3-2-4-8-13)22-17-14-9-5-6-10-15(14)19-11-20-17/h2-11,16H,1H3,(H,19,20,22)(H,21,23,24). The third kappa shape index (κ3) is 2.69. The molecule has 118 valence electrons. The van der Waals surface area contributed by atoms with Gasteiger partial charge in [0.05, 0.1) is 5.52 Å². The fourth-order valence-corrected chi connectivity index (χ4v) is 2.69. The molecule has 4 rings (SSSR count). The van der Waals surface area contributed by atoms with Gasteiger partial charge < -0.3 is 5.32 Å². The average Bonchev–Trinajstić information content (AvgIpc) is 3.06. The van der Waals surface area contributed by atoms with Crippen LogP contribution in [0.15, 0.2) is 60.9 Å². The molecule has 0 radical (unpaired) electrons. The lowest BCUT2D eigenvalue weighted by molar-refractivity contribution is 0.831. The third-order valence-electron chi connectivity index (χ3n) is 3.83. The molecule has 6 nitrogen and oxygen atoms in total. The Labute approximate surface area is 139 Å². The molecule has 0 aliphatic heterocycles. The highest BCUT2D eigenvalue weighted by Crippen LogP contribution is 2.27. The summed E-state index contributed by atoms with van der Waals surface area (Å²) in [5.74, 6) is 2.22. The van der Waals surface area contributed by atoms with Crippen molar-refractivity contribution in [3.8, 4) is 0 Å². The van der Waals surface area contributed by atoms with Gasteiger partial charge in [0.25, 0.3) is 0 Å².